The Labute approximate surface area is 203 Å². The molecule has 0 aromatic heterocycles. The van der Waals surface area contributed by atoms with Crippen LogP contribution in [0.2, 0.25) is 0 Å². The van der Waals surface area contributed by atoms with Crippen LogP contribution in [-0.4, -0.2) is 63.0 Å². The van der Waals surface area contributed by atoms with Crippen molar-refractivity contribution in [2.45, 2.75) is 12.5 Å². The third-order valence-corrected chi connectivity index (χ3v) is 5.43. The molecule has 0 aliphatic carbocycles. The van der Waals surface area contributed by atoms with Crippen LogP contribution < -0.4 is 20.1 Å². The van der Waals surface area contributed by atoms with E-state index >= 15 is 0 Å². The highest BCUT2D eigenvalue weighted by molar-refractivity contribution is 7.96. The summed E-state index contributed by atoms with van der Waals surface area (Å²) in [5.41, 5.74) is 0.305. The first-order valence-electron chi connectivity index (χ1n) is 10.4. The number of thiol groups is 1. The van der Waals surface area contributed by atoms with Crippen LogP contribution in [0.4, 0.5) is 5.69 Å². The van der Waals surface area contributed by atoms with E-state index in [0.29, 0.717) is 0 Å². The van der Waals surface area contributed by atoms with Gasteiger partial charge in [-0.15, -0.1) is 12.6 Å². The lowest BCUT2D eigenvalue weighted by Gasteiger charge is -2.18. The highest BCUT2D eigenvalue weighted by Crippen LogP contribution is 2.34. The highest BCUT2D eigenvalue weighted by atomic mass is 32.1. The Morgan fingerprint density at radius 3 is 2.35 bits per heavy atom. The van der Waals surface area contributed by atoms with Crippen LogP contribution in [-0.2, 0) is 23.9 Å². The number of amides is 1. The van der Waals surface area contributed by atoms with Crippen LogP contribution in [0.1, 0.15) is 16.8 Å². The Balaban J connectivity index is 2.19. The molecule has 2 rings (SSSR count). The molecule has 1 aliphatic rings. The molecule has 34 heavy (non-hydrogen) atoms. The second-order valence-corrected chi connectivity index (χ2v) is 7.76. The molecule has 184 valence electrons. The topological polar surface area (TPSA) is 129 Å². The van der Waals surface area contributed by atoms with Crippen LogP contribution in [0.25, 0.3) is 0 Å². The van der Waals surface area contributed by atoms with Gasteiger partial charge in [0.2, 0.25) is 5.91 Å². The maximum atomic E-state index is 12.9. The molecule has 2 N–H and O–H groups in total. The quantitative estimate of drug-likeness (QED) is 0.173. The minimum absolute atomic E-state index is 0.00333. The van der Waals surface area contributed by atoms with Crippen molar-refractivity contribution in [2.75, 3.05) is 39.3 Å². The molecule has 1 unspecified atom stereocenters. The third kappa shape index (κ3) is 6.61. The van der Waals surface area contributed by atoms with Crippen LogP contribution >= 0.6 is 12.6 Å². The summed E-state index contributed by atoms with van der Waals surface area (Å²) < 4.78 is 20.6. The fourth-order valence-corrected chi connectivity index (χ4v) is 3.85. The van der Waals surface area contributed by atoms with E-state index in [0.717, 1.165) is 0 Å². The van der Waals surface area contributed by atoms with E-state index in [1.165, 1.54) is 38.5 Å². The van der Waals surface area contributed by atoms with E-state index in [2.05, 4.69) is 36.4 Å². The number of hydrogen-bond donors (Lipinski definition) is 3. The second kappa shape index (κ2) is 12.8. The molecule has 1 aromatic rings. The van der Waals surface area contributed by atoms with Gasteiger partial charge in [-0.2, -0.15) is 0 Å². The van der Waals surface area contributed by atoms with Gasteiger partial charge in [-0.1, -0.05) is 25.3 Å². The van der Waals surface area contributed by atoms with Gasteiger partial charge in [-0.25, -0.2) is 4.79 Å². The van der Waals surface area contributed by atoms with Gasteiger partial charge in [0.15, 0.2) is 5.12 Å². The summed E-state index contributed by atoms with van der Waals surface area (Å²) in [6.45, 7) is 7.17. The van der Waals surface area contributed by atoms with E-state index in [1.807, 2.05) is 0 Å². The molecule has 0 saturated carbocycles. The number of hydrogen-bond acceptors (Lipinski definition) is 9. The summed E-state index contributed by atoms with van der Waals surface area (Å²) in [5, 5.41) is 5.08. The average Bonchev–Trinajstić information content (AvgIpc) is 3.30. The zero-order chi connectivity index (χ0) is 25.3. The summed E-state index contributed by atoms with van der Waals surface area (Å²) in [5.74, 6) is -2.96. The number of carbonyl (C=O) groups is 4. The van der Waals surface area contributed by atoms with Crippen LogP contribution in [0.15, 0.2) is 37.4 Å². The molecule has 10 nitrogen and oxygen atoms in total. The molecule has 0 radical (unpaired) electrons. The Bertz CT molecular complexity index is 965. The van der Waals surface area contributed by atoms with Crippen molar-refractivity contribution in [1.29, 1.82) is 0 Å². The van der Waals surface area contributed by atoms with Crippen LogP contribution in [0, 0.1) is 11.8 Å². The first-order chi connectivity index (χ1) is 16.3. The van der Waals surface area contributed by atoms with Crippen molar-refractivity contribution in [3.8, 4) is 11.5 Å². The minimum atomic E-state index is -1.12. The number of esters is 2. The van der Waals surface area contributed by atoms with Gasteiger partial charge in [0.1, 0.15) is 36.2 Å². The van der Waals surface area contributed by atoms with Crippen molar-refractivity contribution in [3.05, 3.63) is 43.0 Å². The van der Waals surface area contributed by atoms with Crippen molar-refractivity contribution < 1.29 is 38.1 Å². The predicted octanol–water partition coefficient (Wildman–Crippen LogP) is 1.76. The molecule has 1 aliphatic heterocycles. The van der Waals surface area contributed by atoms with Crippen molar-refractivity contribution in [2.24, 2.45) is 11.8 Å². The molecule has 1 aromatic carbocycles. The fraction of sp³-hybridized carbons (Fsp3) is 0.391. The van der Waals surface area contributed by atoms with Crippen LogP contribution in [0.3, 0.4) is 0 Å². The molecule has 1 amide bonds. The van der Waals surface area contributed by atoms with E-state index < -0.39 is 40.8 Å². The normalized spacial score (nSPS) is 17.7. The van der Waals surface area contributed by atoms with E-state index in [1.54, 1.807) is 0 Å². The maximum Gasteiger partial charge on any atom is 0.342 e. The summed E-state index contributed by atoms with van der Waals surface area (Å²) in [7, 11) is 2.79. The number of carbonyl (C=O) groups excluding carboxylic acids is 4. The fourth-order valence-electron chi connectivity index (χ4n) is 3.53. The zero-order valence-electron chi connectivity index (χ0n) is 19.0. The maximum absolute atomic E-state index is 12.9. The average molecular weight is 493 g/mol. The van der Waals surface area contributed by atoms with Crippen LogP contribution in [0.5, 0.6) is 11.5 Å². The summed E-state index contributed by atoms with van der Waals surface area (Å²) in [6, 6.07) is 2.13. The van der Waals surface area contributed by atoms with Gasteiger partial charge in [-0.05, 0) is 18.4 Å². The van der Waals surface area contributed by atoms with Gasteiger partial charge in [0, 0.05) is 12.6 Å². The number of benzene rings is 1. The van der Waals surface area contributed by atoms with Gasteiger partial charge in [0.05, 0.1) is 25.9 Å². The van der Waals surface area contributed by atoms with Crippen molar-refractivity contribution in [1.82, 2.24) is 5.32 Å². The molecule has 1 heterocycles. The lowest BCUT2D eigenvalue weighted by atomic mass is 9.90. The number of anilines is 1. The highest BCUT2D eigenvalue weighted by Gasteiger charge is 2.41. The smallest absolute Gasteiger partial charge is 0.342 e. The summed E-state index contributed by atoms with van der Waals surface area (Å²) >= 11 is 3.82. The summed E-state index contributed by atoms with van der Waals surface area (Å²) in [4.78, 5) is 49.6. The molecule has 1 saturated heterocycles. The van der Waals surface area contributed by atoms with Crippen molar-refractivity contribution >= 4 is 41.3 Å². The molecule has 0 spiro atoms. The number of rotatable bonds is 12. The van der Waals surface area contributed by atoms with Gasteiger partial charge in [-0.3, -0.25) is 14.4 Å². The first kappa shape index (κ1) is 26.9. The van der Waals surface area contributed by atoms with E-state index in [9.17, 15) is 19.2 Å². The van der Waals surface area contributed by atoms with E-state index in [4.69, 9.17) is 18.9 Å². The predicted molar refractivity (Wildman–Crippen MR) is 127 cm³/mol. The molecule has 11 heteroatoms. The lowest BCUT2D eigenvalue weighted by Crippen LogP contribution is -2.35. The molecule has 1 fully saturated rings. The minimum Gasteiger partial charge on any atom is -0.496 e. The Hall–Kier alpha value is -3.31. The third-order valence-electron chi connectivity index (χ3n) is 5.15. The standard InChI is InChI=1S/C23H28N2O8S/c1-5-7-32-21(27)14-10-15(18(31-4)11-17(14)30-3)25-20(26)16-9-13(12-24-16)19(23(29)34)22(28)33-8-6-2/h5-6,10-11,13,16,19,24H,1-2,7-9,12H2,3-4H3,(H,25,26)(H,29,34)/t13-,16+,19?/m1/s1. The lowest BCUT2D eigenvalue weighted by molar-refractivity contribution is -0.151. The number of ether oxygens (including phenoxy) is 4. The molecular weight excluding hydrogens is 464 g/mol. The summed E-state index contributed by atoms with van der Waals surface area (Å²) in [6.07, 6.45) is 3.01. The van der Waals surface area contributed by atoms with Gasteiger partial charge < -0.3 is 29.6 Å². The zero-order valence-corrected chi connectivity index (χ0v) is 19.9. The Kier molecular flexibility index (Phi) is 10.1. The number of nitrogens with one attached hydrogen (secondary N) is 2. The SMILES string of the molecule is C=CCOC(=O)c1cc(NC(=O)[C@@H]2C[C@@H](C(C(=O)S)C(=O)OCC=C)CN2)c(OC)cc1OC. The number of methoxy groups -OCH3 is 2. The van der Waals surface area contributed by atoms with E-state index in [-0.39, 0.29) is 48.9 Å². The van der Waals surface area contributed by atoms with Crippen molar-refractivity contribution in [3.63, 3.8) is 0 Å². The Morgan fingerprint density at radius 2 is 1.76 bits per heavy atom. The largest absolute Gasteiger partial charge is 0.496 e. The monoisotopic (exact) mass is 492 g/mol. The first-order valence-corrected chi connectivity index (χ1v) is 10.8. The molecule has 3 atom stereocenters. The second-order valence-electron chi connectivity index (χ2n) is 7.32. The van der Waals surface area contributed by atoms with Gasteiger partial charge in [0.25, 0.3) is 0 Å². The van der Waals surface area contributed by atoms with Gasteiger partial charge >= 0.3 is 11.9 Å². The Morgan fingerprint density at radius 1 is 1.12 bits per heavy atom. The molecule has 0 bridgehead atoms. The molecular formula is C23H28N2O8S.